The maximum Gasteiger partial charge on any atom is 0.244 e. The van der Waals surface area contributed by atoms with Crippen molar-refractivity contribution in [2.24, 2.45) is 7.05 Å². The predicted molar refractivity (Wildman–Crippen MR) is 101 cm³/mol. The van der Waals surface area contributed by atoms with Crippen molar-refractivity contribution in [2.75, 3.05) is 23.3 Å². The second-order valence-electron chi connectivity index (χ2n) is 7.11. The summed E-state index contributed by atoms with van der Waals surface area (Å²) >= 11 is 0. The van der Waals surface area contributed by atoms with Gasteiger partial charge in [0.15, 0.2) is 0 Å². The van der Waals surface area contributed by atoms with Crippen LogP contribution >= 0.6 is 0 Å². The summed E-state index contributed by atoms with van der Waals surface area (Å²) in [6.07, 6.45) is 4.17. The van der Waals surface area contributed by atoms with Gasteiger partial charge in [0.2, 0.25) is 11.8 Å². The zero-order chi connectivity index (χ0) is 18.3. The van der Waals surface area contributed by atoms with Crippen LogP contribution in [0.25, 0.3) is 0 Å². The van der Waals surface area contributed by atoms with E-state index in [1.807, 2.05) is 50.5 Å². The first kappa shape index (κ1) is 16.8. The van der Waals surface area contributed by atoms with Gasteiger partial charge in [0.1, 0.15) is 6.54 Å². The van der Waals surface area contributed by atoms with E-state index in [-0.39, 0.29) is 30.4 Å². The van der Waals surface area contributed by atoms with Gasteiger partial charge in [0, 0.05) is 18.9 Å². The number of rotatable bonds is 3. The Labute approximate surface area is 153 Å². The lowest BCUT2D eigenvalue weighted by Crippen LogP contribution is -2.51. The Balaban J connectivity index is 1.60. The Hall–Kier alpha value is -2.60. The molecule has 2 aliphatic heterocycles. The lowest BCUT2D eigenvalue weighted by atomic mass is 10.1. The zero-order valence-corrected chi connectivity index (χ0v) is 15.2. The van der Waals surface area contributed by atoms with Gasteiger partial charge >= 0.3 is 0 Å². The number of carbonyl (C=O) groups is 2. The Morgan fingerprint density at radius 3 is 2.81 bits per heavy atom. The van der Waals surface area contributed by atoms with E-state index in [0.717, 1.165) is 25.1 Å². The highest BCUT2D eigenvalue weighted by atomic mass is 16.2. The number of amides is 2. The average molecular weight is 352 g/mol. The number of nitrogens with one attached hydrogen (secondary N) is 1. The Bertz CT molecular complexity index is 844. The van der Waals surface area contributed by atoms with Gasteiger partial charge < -0.3 is 9.88 Å². The highest BCUT2D eigenvalue weighted by Gasteiger charge is 2.37. The van der Waals surface area contributed by atoms with Crippen LogP contribution < -0.4 is 10.2 Å². The second kappa shape index (κ2) is 6.61. The van der Waals surface area contributed by atoms with Crippen molar-refractivity contribution in [2.45, 2.75) is 31.8 Å². The highest BCUT2D eigenvalue weighted by Crippen LogP contribution is 2.35. The second-order valence-corrected chi connectivity index (χ2v) is 7.11. The van der Waals surface area contributed by atoms with E-state index in [2.05, 4.69) is 20.9 Å². The van der Waals surface area contributed by atoms with Crippen LogP contribution in [0.2, 0.25) is 0 Å². The number of benzene rings is 1. The maximum atomic E-state index is 13.3. The van der Waals surface area contributed by atoms with Gasteiger partial charge in [-0.1, -0.05) is 12.1 Å². The fraction of sp³-hybridized carbons (Fsp3) is 0.400. The molecule has 1 aromatic heterocycles. The van der Waals surface area contributed by atoms with Crippen LogP contribution in [-0.4, -0.2) is 40.4 Å². The van der Waals surface area contributed by atoms with E-state index >= 15 is 0 Å². The number of anilines is 2. The Morgan fingerprint density at radius 1 is 1.23 bits per heavy atom. The molecule has 0 radical (unpaired) electrons. The zero-order valence-electron chi connectivity index (χ0n) is 15.2. The molecule has 1 saturated heterocycles. The van der Waals surface area contributed by atoms with E-state index in [1.165, 1.54) is 5.69 Å². The number of aromatic nitrogens is 1. The minimum absolute atomic E-state index is 0.0200. The summed E-state index contributed by atoms with van der Waals surface area (Å²) in [4.78, 5) is 29.2. The number of aryl methyl sites for hydroxylation is 1. The van der Waals surface area contributed by atoms with Crippen molar-refractivity contribution >= 4 is 23.2 Å². The Kier molecular flexibility index (Phi) is 4.28. The van der Waals surface area contributed by atoms with Gasteiger partial charge in [0.05, 0.1) is 23.5 Å². The van der Waals surface area contributed by atoms with Crippen molar-refractivity contribution in [1.29, 1.82) is 0 Å². The highest BCUT2D eigenvalue weighted by molar-refractivity contribution is 6.11. The van der Waals surface area contributed by atoms with Crippen molar-refractivity contribution < 1.29 is 9.59 Å². The molecule has 3 heterocycles. The van der Waals surface area contributed by atoms with Crippen molar-refractivity contribution in [3.8, 4) is 0 Å². The first-order valence-corrected chi connectivity index (χ1v) is 9.13. The number of hydrogen-bond donors (Lipinski definition) is 1. The van der Waals surface area contributed by atoms with Crippen molar-refractivity contribution in [3.05, 3.63) is 48.3 Å². The molecule has 0 unspecified atom stereocenters. The number of likely N-dealkylation sites (tertiary alicyclic amines) is 1. The van der Waals surface area contributed by atoms with Gasteiger partial charge in [-0.25, -0.2) is 0 Å². The molecule has 26 heavy (non-hydrogen) atoms. The van der Waals surface area contributed by atoms with Crippen molar-refractivity contribution in [3.63, 3.8) is 0 Å². The summed E-state index contributed by atoms with van der Waals surface area (Å²) in [6.45, 7) is 2.92. The minimum atomic E-state index is -0.281. The minimum Gasteiger partial charge on any atom is -0.353 e. The molecule has 0 saturated carbocycles. The molecular formula is C20H24N4O2. The molecule has 0 bridgehead atoms. The molecule has 2 aliphatic rings. The lowest BCUT2D eigenvalue weighted by Gasteiger charge is -2.36. The summed E-state index contributed by atoms with van der Waals surface area (Å²) in [5.41, 5.74) is 2.71. The molecule has 6 heteroatoms. The summed E-state index contributed by atoms with van der Waals surface area (Å²) < 4.78 is 2.13. The van der Waals surface area contributed by atoms with E-state index < -0.39 is 0 Å². The van der Waals surface area contributed by atoms with E-state index in [4.69, 9.17) is 0 Å². The molecule has 2 amide bonds. The first-order valence-electron chi connectivity index (χ1n) is 9.13. The fourth-order valence-corrected chi connectivity index (χ4v) is 4.19. The third kappa shape index (κ3) is 2.80. The summed E-state index contributed by atoms with van der Waals surface area (Å²) in [5, 5.41) is 2.84. The lowest BCUT2D eigenvalue weighted by molar-refractivity contribution is -0.125. The monoisotopic (exact) mass is 352 g/mol. The smallest absolute Gasteiger partial charge is 0.244 e. The number of carbonyl (C=O) groups excluding carboxylic acids is 2. The number of para-hydroxylation sites is 2. The molecule has 4 rings (SSSR count). The van der Waals surface area contributed by atoms with Gasteiger partial charge in [-0.15, -0.1) is 0 Å². The van der Waals surface area contributed by atoms with Crippen LogP contribution in [0.1, 0.15) is 31.5 Å². The summed E-state index contributed by atoms with van der Waals surface area (Å²) in [6, 6.07) is 11.6. The van der Waals surface area contributed by atoms with E-state index in [9.17, 15) is 9.59 Å². The van der Waals surface area contributed by atoms with Gasteiger partial charge in [-0.05, 0) is 50.6 Å². The van der Waals surface area contributed by atoms with Crippen LogP contribution in [0.5, 0.6) is 0 Å². The molecule has 6 nitrogen and oxygen atoms in total. The van der Waals surface area contributed by atoms with E-state index in [1.54, 1.807) is 4.90 Å². The van der Waals surface area contributed by atoms with Crippen LogP contribution in [0, 0.1) is 0 Å². The molecular weight excluding hydrogens is 328 g/mol. The molecule has 1 aromatic carbocycles. The quantitative estimate of drug-likeness (QED) is 0.924. The van der Waals surface area contributed by atoms with Gasteiger partial charge in [-0.2, -0.15) is 0 Å². The summed E-state index contributed by atoms with van der Waals surface area (Å²) in [5.74, 6) is -0.168. The van der Waals surface area contributed by atoms with Gasteiger partial charge in [0.25, 0.3) is 0 Å². The normalized spacial score (nSPS) is 21.4. The first-order chi connectivity index (χ1) is 12.6. The Morgan fingerprint density at radius 2 is 2.04 bits per heavy atom. The standard InChI is InChI=1S/C20H24N4O2/c1-14(23-12-6-10-18(23)17-9-5-11-22(17)2)20(26)24-13-19(25)21-15-7-3-4-8-16(15)24/h3-5,7-9,11,14,18H,6,10,12-13H2,1-2H3,(H,21,25)/t14-,18+/m0/s1. The number of fused-ring (bicyclic) bond motifs is 1. The van der Waals surface area contributed by atoms with E-state index in [0.29, 0.717) is 5.69 Å². The number of nitrogens with zero attached hydrogens (tertiary/aromatic N) is 3. The number of hydrogen-bond acceptors (Lipinski definition) is 3. The SMILES string of the molecule is C[C@@H](C(=O)N1CC(=O)Nc2ccccc21)N1CCC[C@@H]1c1cccn1C. The largest absolute Gasteiger partial charge is 0.353 e. The molecule has 0 spiro atoms. The van der Waals surface area contributed by atoms with Crippen molar-refractivity contribution in [1.82, 2.24) is 9.47 Å². The molecule has 1 N–H and O–H groups in total. The molecule has 2 aromatic rings. The third-order valence-corrected chi connectivity index (χ3v) is 5.51. The molecule has 136 valence electrons. The van der Waals surface area contributed by atoms with Crippen LogP contribution in [-0.2, 0) is 16.6 Å². The van der Waals surface area contributed by atoms with Crippen LogP contribution in [0.3, 0.4) is 0 Å². The third-order valence-electron chi connectivity index (χ3n) is 5.51. The average Bonchev–Trinajstić information content (AvgIpc) is 3.28. The molecule has 2 atom stereocenters. The predicted octanol–water partition coefficient (Wildman–Crippen LogP) is 2.54. The van der Waals surface area contributed by atoms with Crippen LogP contribution in [0.4, 0.5) is 11.4 Å². The van der Waals surface area contributed by atoms with Gasteiger partial charge in [-0.3, -0.25) is 19.4 Å². The molecule has 0 aliphatic carbocycles. The maximum absolute atomic E-state index is 13.3. The molecule has 1 fully saturated rings. The fourth-order valence-electron chi connectivity index (χ4n) is 4.19. The van der Waals surface area contributed by atoms with Crippen LogP contribution in [0.15, 0.2) is 42.6 Å². The summed E-state index contributed by atoms with van der Waals surface area (Å²) in [7, 11) is 2.05. The topological polar surface area (TPSA) is 57.6 Å².